The second-order valence-corrected chi connectivity index (χ2v) is 10.1. The smallest absolute Gasteiger partial charge is 0.153 e. The fourth-order valence-corrected chi connectivity index (χ4v) is 6.04. The van der Waals surface area contributed by atoms with E-state index in [1.54, 1.807) is 11.3 Å². The minimum absolute atomic E-state index is 0.822. The van der Waals surface area contributed by atoms with E-state index in [9.17, 15) is 0 Å². The summed E-state index contributed by atoms with van der Waals surface area (Å²) in [5.74, 6) is 2.56. The van der Waals surface area contributed by atoms with Crippen LogP contribution in [0, 0.1) is 0 Å². The van der Waals surface area contributed by atoms with Gasteiger partial charge in [0, 0.05) is 11.1 Å². The molecule has 0 atom stereocenters. The molecule has 0 aliphatic carbocycles. The molecular weight excluding hydrogens is 474 g/mol. The molecule has 0 amide bonds. The molecule has 7 aromatic rings. The Morgan fingerprint density at radius 3 is 2.19 bits per heavy atom. The average Bonchev–Trinajstić information content (AvgIpc) is 3.57. The first-order valence-electron chi connectivity index (χ1n) is 12.2. The fourth-order valence-electron chi connectivity index (χ4n) is 5.07. The topological polar surface area (TPSA) is 39.9 Å². The molecule has 0 unspecified atom stereocenters. The normalized spacial score (nSPS) is 12.0. The fraction of sp³-hybridized carbons (Fsp3) is 0. The Balaban J connectivity index is 1.21. The Morgan fingerprint density at radius 1 is 0.568 bits per heavy atom. The third-order valence-corrected chi connectivity index (χ3v) is 7.94. The Labute approximate surface area is 217 Å². The number of para-hydroxylation sites is 2. The van der Waals surface area contributed by atoms with E-state index in [-0.39, 0.29) is 0 Å². The zero-order valence-electron chi connectivity index (χ0n) is 19.6. The minimum Gasteiger partial charge on any atom is -0.453 e. The van der Waals surface area contributed by atoms with Crippen molar-refractivity contribution in [2.75, 3.05) is 0 Å². The molecule has 0 radical (unpaired) electrons. The van der Waals surface area contributed by atoms with Gasteiger partial charge in [-0.1, -0.05) is 78.9 Å². The van der Waals surface area contributed by atoms with Crippen molar-refractivity contribution in [3.8, 4) is 50.3 Å². The molecule has 1 aliphatic rings. The number of hydrogen-bond acceptors (Lipinski definition) is 4. The van der Waals surface area contributed by atoms with Crippen LogP contribution in [0.1, 0.15) is 0 Å². The molecule has 174 valence electrons. The summed E-state index contributed by atoms with van der Waals surface area (Å²) in [7, 11) is 0. The van der Waals surface area contributed by atoms with Gasteiger partial charge in [-0.3, -0.25) is 4.57 Å². The summed E-state index contributed by atoms with van der Waals surface area (Å²) in [6, 6.07) is 39.7. The lowest BCUT2D eigenvalue weighted by Gasteiger charge is -2.22. The predicted octanol–water partition coefficient (Wildman–Crippen LogP) is 8.74. The van der Waals surface area contributed by atoms with Gasteiger partial charge in [-0.05, 0) is 47.5 Å². The molecule has 5 aromatic carbocycles. The number of imidazole rings is 1. The summed E-state index contributed by atoms with van der Waals surface area (Å²) < 4.78 is 9.85. The second-order valence-electron chi connectivity index (χ2n) is 9.11. The number of benzene rings is 5. The molecule has 0 saturated carbocycles. The number of rotatable bonds is 3. The van der Waals surface area contributed by atoms with Crippen molar-refractivity contribution in [2.24, 2.45) is 0 Å². The Bertz CT molecular complexity index is 1920. The first-order valence-corrected chi connectivity index (χ1v) is 13.0. The van der Waals surface area contributed by atoms with Crippen molar-refractivity contribution in [3.05, 3.63) is 115 Å². The molecule has 4 nitrogen and oxygen atoms in total. The molecule has 8 rings (SSSR count). The van der Waals surface area contributed by atoms with Crippen LogP contribution in [0.5, 0.6) is 11.5 Å². The summed E-state index contributed by atoms with van der Waals surface area (Å²) in [4.78, 5) is 9.77. The van der Waals surface area contributed by atoms with E-state index in [4.69, 9.17) is 14.7 Å². The summed E-state index contributed by atoms with van der Waals surface area (Å²) in [6.07, 6.45) is 0. The Hall–Kier alpha value is -4.74. The lowest BCUT2D eigenvalue weighted by molar-refractivity contribution is 0.476. The quantitative estimate of drug-likeness (QED) is 0.247. The summed E-state index contributed by atoms with van der Waals surface area (Å²) in [5.41, 5.74) is 8.41. The number of hydrogen-bond donors (Lipinski definition) is 0. The van der Waals surface area contributed by atoms with Crippen LogP contribution >= 0.6 is 11.3 Å². The van der Waals surface area contributed by atoms with Crippen molar-refractivity contribution in [1.29, 1.82) is 0 Å². The Kier molecular flexibility index (Phi) is 4.36. The summed E-state index contributed by atoms with van der Waals surface area (Å²) >= 11 is 1.72. The molecule has 3 heterocycles. The van der Waals surface area contributed by atoms with E-state index in [1.165, 1.54) is 4.70 Å². The van der Waals surface area contributed by atoms with Gasteiger partial charge < -0.3 is 4.74 Å². The maximum atomic E-state index is 6.42. The molecule has 0 saturated heterocycles. The average molecular weight is 494 g/mol. The largest absolute Gasteiger partial charge is 0.453 e. The molecule has 0 N–H and O–H groups in total. The molecule has 0 fully saturated rings. The summed E-state index contributed by atoms with van der Waals surface area (Å²) in [6.45, 7) is 0. The number of fused-ring (bicyclic) bond motifs is 3. The van der Waals surface area contributed by atoms with Gasteiger partial charge in [-0.2, -0.15) is 0 Å². The van der Waals surface area contributed by atoms with E-state index in [1.807, 2.05) is 42.5 Å². The highest BCUT2D eigenvalue weighted by atomic mass is 32.1. The first kappa shape index (κ1) is 20.5. The van der Waals surface area contributed by atoms with Crippen LogP contribution in [-0.2, 0) is 0 Å². The highest BCUT2D eigenvalue weighted by Crippen LogP contribution is 2.44. The van der Waals surface area contributed by atoms with E-state index in [2.05, 4.69) is 77.4 Å². The van der Waals surface area contributed by atoms with E-state index in [0.717, 1.165) is 66.8 Å². The molecular formula is C32H19N3OS. The van der Waals surface area contributed by atoms with E-state index >= 15 is 0 Å². The maximum Gasteiger partial charge on any atom is 0.153 e. The van der Waals surface area contributed by atoms with Gasteiger partial charge in [0.15, 0.2) is 11.5 Å². The maximum absolute atomic E-state index is 6.42. The number of aromatic nitrogens is 3. The zero-order chi connectivity index (χ0) is 24.3. The van der Waals surface area contributed by atoms with Crippen molar-refractivity contribution < 1.29 is 4.74 Å². The third kappa shape index (κ3) is 3.21. The minimum atomic E-state index is 0.822. The van der Waals surface area contributed by atoms with Gasteiger partial charge >= 0.3 is 0 Å². The predicted molar refractivity (Wildman–Crippen MR) is 151 cm³/mol. The van der Waals surface area contributed by atoms with Crippen molar-refractivity contribution in [3.63, 3.8) is 0 Å². The van der Waals surface area contributed by atoms with Crippen LogP contribution in [0.3, 0.4) is 0 Å². The molecule has 0 bridgehead atoms. The van der Waals surface area contributed by atoms with Gasteiger partial charge in [-0.25, -0.2) is 9.97 Å². The Morgan fingerprint density at radius 2 is 1.32 bits per heavy atom. The van der Waals surface area contributed by atoms with Crippen molar-refractivity contribution >= 4 is 32.6 Å². The molecule has 37 heavy (non-hydrogen) atoms. The van der Waals surface area contributed by atoms with Crippen LogP contribution in [-0.4, -0.2) is 14.5 Å². The van der Waals surface area contributed by atoms with Gasteiger partial charge in [0.25, 0.3) is 0 Å². The molecule has 1 aliphatic heterocycles. The third-order valence-electron chi connectivity index (χ3n) is 6.85. The molecule has 5 heteroatoms. The number of nitrogens with zero attached hydrogens (tertiary/aromatic N) is 3. The molecule has 2 aromatic heterocycles. The highest BCUT2D eigenvalue weighted by molar-refractivity contribution is 7.21. The lowest BCUT2D eigenvalue weighted by atomic mass is 10.0. The van der Waals surface area contributed by atoms with Gasteiger partial charge in [-0.15, -0.1) is 11.3 Å². The second kappa shape index (κ2) is 7.88. The van der Waals surface area contributed by atoms with Gasteiger partial charge in [0.1, 0.15) is 16.3 Å². The van der Waals surface area contributed by atoms with Gasteiger partial charge in [0.2, 0.25) is 0 Å². The van der Waals surface area contributed by atoms with Crippen LogP contribution in [0.15, 0.2) is 115 Å². The monoisotopic (exact) mass is 493 g/mol. The van der Waals surface area contributed by atoms with Crippen LogP contribution in [0.4, 0.5) is 0 Å². The zero-order valence-corrected chi connectivity index (χ0v) is 20.4. The standard InChI is InChI=1S/C32H19N3OS/c1-2-7-21(8-3-1)31-33-25-10-6-11-27-30(25)35(31)26-18-17-23(19-28(26)36-27)20-13-15-22(16-14-20)32-34-24-9-4-5-12-29(24)37-32/h1-19H. The van der Waals surface area contributed by atoms with E-state index < -0.39 is 0 Å². The molecule has 0 spiro atoms. The van der Waals surface area contributed by atoms with Gasteiger partial charge in [0.05, 0.1) is 21.4 Å². The summed E-state index contributed by atoms with van der Waals surface area (Å²) in [5, 5.41) is 1.04. The lowest BCUT2D eigenvalue weighted by Crippen LogP contribution is -2.05. The number of ether oxygens (including phenoxy) is 1. The van der Waals surface area contributed by atoms with Crippen LogP contribution in [0.25, 0.3) is 60.0 Å². The van der Waals surface area contributed by atoms with E-state index in [0.29, 0.717) is 0 Å². The SMILES string of the molecule is c1ccc(-c2nc3cccc4c3n2-c2ccc(-c3ccc(-c5nc6ccccc6s5)cc3)cc2O4)cc1. The van der Waals surface area contributed by atoms with Crippen LogP contribution in [0.2, 0.25) is 0 Å². The van der Waals surface area contributed by atoms with Crippen molar-refractivity contribution in [1.82, 2.24) is 14.5 Å². The van der Waals surface area contributed by atoms with Crippen LogP contribution < -0.4 is 4.74 Å². The first-order chi connectivity index (χ1) is 18.3. The van der Waals surface area contributed by atoms with Crippen molar-refractivity contribution in [2.45, 2.75) is 0 Å². The number of thiazole rings is 1. The highest BCUT2D eigenvalue weighted by Gasteiger charge is 2.25.